The highest BCUT2D eigenvalue weighted by atomic mass is 32.1. The number of carbonyl (C=O) groups is 3. The van der Waals surface area contributed by atoms with Gasteiger partial charge >= 0.3 is 0 Å². The minimum Gasteiger partial charge on any atom is -0.349 e. The zero-order valence-corrected chi connectivity index (χ0v) is 19.8. The number of piperidine rings is 1. The van der Waals surface area contributed by atoms with Crippen molar-refractivity contribution < 1.29 is 14.4 Å². The summed E-state index contributed by atoms with van der Waals surface area (Å²) >= 11 is 1.56. The second-order valence-corrected chi connectivity index (χ2v) is 10.00. The van der Waals surface area contributed by atoms with Crippen LogP contribution in [0.5, 0.6) is 0 Å². The lowest BCUT2D eigenvalue weighted by Gasteiger charge is -2.40. The average Bonchev–Trinajstić information content (AvgIpc) is 3.48. The molecule has 1 aliphatic heterocycles. The summed E-state index contributed by atoms with van der Waals surface area (Å²) < 4.78 is 0. The molecule has 1 saturated heterocycles. The number of nitrogens with one attached hydrogen (secondary N) is 2. The fourth-order valence-corrected chi connectivity index (χ4v) is 5.28. The molecular formula is C27H27N3O3S. The van der Waals surface area contributed by atoms with Gasteiger partial charge in [-0.25, -0.2) is 0 Å². The first-order valence-electron chi connectivity index (χ1n) is 11.6. The highest BCUT2D eigenvalue weighted by Gasteiger charge is 2.42. The van der Waals surface area contributed by atoms with E-state index in [9.17, 15) is 14.4 Å². The predicted octanol–water partition coefficient (Wildman–Crippen LogP) is 5.07. The van der Waals surface area contributed by atoms with Crippen LogP contribution in [0.2, 0.25) is 0 Å². The molecule has 7 heteroatoms. The molecule has 174 valence electrons. The lowest BCUT2D eigenvalue weighted by molar-refractivity contribution is -0.125. The van der Waals surface area contributed by atoms with Crippen LogP contribution in [0.25, 0.3) is 0 Å². The smallest absolute Gasteiger partial charge is 0.251 e. The number of amides is 3. The summed E-state index contributed by atoms with van der Waals surface area (Å²) in [4.78, 5) is 41.5. The number of carbonyl (C=O) groups excluding carboxylic acids is 3. The van der Waals surface area contributed by atoms with Crippen molar-refractivity contribution in [1.29, 1.82) is 0 Å². The van der Waals surface area contributed by atoms with Crippen molar-refractivity contribution in [2.24, 2.45) is 5.92 Å². The van der Waals surface area contributed by atoms with E-state index in [1.807, 2.05) is 48.7 Å². The van der Waals surface area contributed by atoms with E-state index in [4.69, 9.17) is 0 Å². The summed E-state index contributed by atoms with van der Waals surface area (Å²) in [7, 11) is 0. The summed E-state index contributed by atoms with van der Waals surface area (Å²) in [6, 6.07) is 18.7. The second kappa shape index (κ2) is 9.43. The van der Waals surface area contributed by atoms with Gasteiger partial charge in [0, 0.05) is 34.3 Å². The Morgan fingerprint density at radius 3 is 2.35 bits per heavy atom. The molecule has 2 N–H and O–H groups in total. The number of anilines is 2. The minimum atomic E-state index is -0.393. The number of thiophene rings is 1. The Hall–Kier alpha value is -3.45. The largest absolute Gasteiger partial charge is 0.349 e. The topological polar surface area (TPSA) is 78.5 Å². The van der Waals surface area contributed by atoms with Gasteiger partial charge in [-0.2, -0.15) is 0 Å². The van der Waals surface area contributed by atoms with Crippen LogP contribution in [0, 0.1) is 12.8 Å². The molecule has 2 aromatic carbocycles. The first-order chi connectivity index (χ1) is 16.5. The molecule has 6 nitrogen and oxygen atoms in total. The Labute approximate surface area is 203 Å². The molecule has 3 amide bonds. The van der Waals surface area contributed by atoms with Crippen LogP contribution in [0.15, 0.2) is 66.0 Å². The molecule has 5 rings (SSSR count). The number of hydrogen-bond acceptors (Lipinski definition) is 4. The summed E-state index contributed by atoms with van der Waals surface area (Å²) in [5.74, 6) is -0.580. The summed E-state index contributed by atoms with van der Waals surface area (Å²) in [6.07, 6.45) is 2.87. The Balaban J connectivity index is 1.37. The molecular weight excluding hydrogens is 446 g/mol. The van der Waals surface area contributed by atoms with Gasteiger partial charge in [0.05, 0.1) is 12.0 Å². The maximum absolute atomic E-state index is 13.5. The molecule has 2 heterocycles. The SMILES string of the molecule is Cc1ccc(N2C(=O)CC[C@@H](C(=O)Nc3ccc(C(=O)NC4CC4)cc3)[C@H]2c2cccs2)cc1. The molecule has 2 fully saturated rings. The second-order valence-electron chi connectivity index (χ2n) is 9.02. The van der Waals surface area contributed by atoms with Crippen LogP contribution in [0.4, 0.5) is 11.4 Å². The minimum absolute atomic E-state index is 0.0253. The van der Waals surface area contributed by atoms with Gasteiger partial charge in [-0.05, 0) is 74.0 Å². The Bertz CT molecular complexity index is 1180. The van der Waals surface area contributed by atoms with Gasteiger partial charge in [-0.15, -0.1) is 11.3 Å². The first kappa shape index (κ1) is 22.3. The van der Waals surface area contributed by atoms with Crippen LogP contribution >= 0.6 is 11.3 Å². The third-order valence-electron chi connectivity index (χ3n) is 6.41. The highest BCUT2D eigenvalue weighted by Crippen LogP contribution is 2.42. The molecule has 2 aliphatic rings. The van der Waals surface area contributed by atoms with Gasteiger partial charge in [-0.3, -0.25) is 14.4 Å². The Kier molecular flexibility index (Phi) is 6.20. The summed E-state index contributed by atoms with van der Waals surface area (Å²) in [6.45, 7) is 2.01. The average molecular weight is 474 g/mol. The van der Waals surface area contributed by atoms with Gasteiger partial charge in [0.25, 0.3) is 5.91 Å². The fourth-order valence-electron chi connectivity index (χ4n) is 4.40. The highest BCUT2D eigenvalue weighted by molar-refractivity contribution is 7.10. The summed E-state index contributed by atoms with van der Waals surface area (Å²) in [5.41, 5.74) is 3.13. The molecule has 0 radical (unpaired) electrons. The van der Waals surface area contributed by atoms with Crippen LogP contribution in [0.1, 0.15) is 52.5 Å². The van der Waals surface area contributed by atoms with Crippen LogP contribution in [-0.2, 0) is 9.59 Å². The van der Waals surface area contributed by atoms with Crippen molar-refractivity contribution in [2.75, 3.05) is 10.2 Å². The predicted molar refractivity (Wildman–Crippen MR) is 134 cm³/mol. The first-order valence-corrected chi connectivity index (χ1v) is 12.5. The lowest BCUT2D eigenvalue weighted by Crippen LogP contribution is -2.46. The third kappa shape index (κ3) is 4.75. The monoisotopic (exact) mass is 473 g/mol. The Morgan fingerprint density at radius 2 is 1.71 bits per heavy atom. The van der Waals surface area contributed by atoms with Gasteiger partial charge in [0.15, 0.2) is 0 Å². The van der Waals surface area contributed by atoms with E-state index in [1.54, 1.807) is 40.5 Å². The molecule has 34 heavy (non-hydrogen) atoms. The van der Waals surface area contributed by atoms with Crippen molar-refractivity contribution in [3.8, 4) is 0 Å². The normalized spacial score (nSPS) is 20.1. The molecule has 1 aromatic heterocycles. The van der Waals surface area contributed by atoms with Gasteiger partial charge in [0.1, 0.15) is 0 Å². The zero-order chi connectivity index (χ0) is 23.7. The van der Waals surface area contributed by atoms with E-state index in [1.165, 1.54) is 0 Å². The number of nitrogens with zero attached hydrogens (tertiary/aromatic N) is 1. The van der Waals surface area contributed by atoms with Crippen LogP contribution in [-0.4, -0.2) is 23.8 Å². The Morgan fingerprint density at radius 1 is 0.971 bits per heavy atom. The molecule has 3 aromatic rings. The molecule has 0 bridgehead atoms. The van der Waals surface area contributed by atoms with Crippen molar-refractivity contribution in [1.82, 2.24) is 5.32 Å². The summed E-state index contributed by atoms with van der Waals surface area (Å²) in [5, 5.41) is 7.96. The van der Waals surface area contributed by atoms with Crippen molar-refractivity contribution >= 4 is 40.4 Å². The van der Waals surface area contributed by atoms with Crippen molar-refractivity contribution in [3.05, 3.63) is 82.0 Å². The van der Waals surface area contributed by atoms with Crippen LogP contribution < -0.4 is 15.5 Å². The van der Waals surface area contributed by atoms with Crippen LogP contribution in [0.3, 0.4) is 0 Å². The molecule has 0 unspecified atom stereocenters. The molecule has 1 aliphatic carbocycles. The standard InChI is InChI=1S/C27H27N3O3S/c1-17-4-12-21(13-5-17)30-24(31)15-14-22(25(30)23-3-2-16-34-23)27(33)29-19-8-6-18(7-9-19)26(32)28-20-10-11-20/h2-9,12-13,16,20,22,25H,10-11,14-15H2,1H3,(H,28,32)(H,29,33)/t22-,25+/m1/s1. The maximum Gasteiger partial charge on any atom is 0.251 e. The number of benzene rings is 2. The van der Waals surface area contributed by atoms with Gasteiger partial charge in [0.2, 0.25) is 11.8 Å². The van der Waals surface area contributed by atoms with E-state index < -0.39 is 5.92 Å². The fraction of sp³-hybridized carbons (Fsp3) is 0.296. The molecule has 2 atom stereocenters. The van der Waals surface area contributed by atoms with Gasteiger partial charge in [-0.1, -0.05) is 23.8 Å². The quantitative estimate of drug-likeness (QED) is 0.525. The van der Waals surface area contributed by atoms with E-state index in [0.29, 0.717) is 30.1 Å². The molecule has 0 spiro atoms. The van der Waals surface area contributed by atoms with Crippen molar-refractivity contribution in [2.45, 2.75) is 44.7 Å². The molecule has 1 saturated carbocycles. The van der Waals surface area contributed by atoms with E-state index in [0.717, 1.165) is 29.0 Å². The number of aryl methyl sites for hydroxylation is 1. The maximum atomic E-state index is 13.5. The van der Waals surface area contributed by atoms with E-state index in [-0.39, 0.29) is 23.8 Å². The van der Waals surface area contributed by atoms with E-state index in [2.05, 4.69) is 10.6 Å². The number of rotatable bonds is 6. The number of hydrogen-bond donors (Lipinski definition) is 2. The van der Waals surface area contributed by atoms with E-state index >= 15 is 0 Å². The van der Waals surface area contributed by atoms with Gasteiger partial charge < -0.3 is 15.5 Å². The lowest BCUT2D eigenvalue weighted by atomic mass is 9.86. The van der Waals surface area contributed by atoms with Crippen molar-refractivity contribution in [3.63, 3.8) is 0 Å². The zero-order valence-electron chi connectivity index (χ0n) is 19.0. The third-order valence-corrected chi connectivity index (χ3v) is 7.35.